The van der Waals surface area contributed by atoms with Crippen LogP contribution in [0.1, 0.15) is 50.0 Å². The first-order valence-electron chi connectivity index (χ1n) is 7.16. The van der Waals surface area contributed by atoms with Gasteiger partial charge in [0.15, 0.2) is 0 Å². The summed E-state index contributed by atoms with van der Waals surface area (Å²) >= 11 is 0. The summed E-state index contributed by atoms with van der Waals surface area (Å²) in [5.41, 5.74) is 2.89. The Balaban J connectivity index is 3.07. The van der Waals surface area contributed by atoms with Gasteiger partial charge in [0.1, 0.15) is 0 Å². The van der Waals surface area contributed by atoms with E-state index in [1.54, 1.807) is 0 Å². The molecule has 0 atom stereocenters. The molecule has 1 aromatic rings. The average molecular weight is 262 g/mol. The van der Waals surface area contributed by atoms with E-state index in [1.165, 1.54) is 5.56 Å². The zero-order valence-corrected chi connectivity index (χ0v) is 12.8. The number of aryl methyl sites for hydroxylation is 1. The van der Waals surface area contributed by atoms with Gasteiger partial charge in [0.25, 0.3) is 5.91 Å². The van der Waals surface area contributed by atoms with Crippen molar-refractivity contribution in [2.45, 2.75) is 47.1 Å². The van der Waals surface area contributed by atoms with Crippen LogP contribution in [0.5, 0.6) is 0 Å². The molecule has 0 aliphatic rings. The van der Waals surface area contributed by atoms with Crippen molar-refractivity contribution in [1.82, 2.24) is 4.90 Å². The van der Waals surface area contributed by atoms with Crippen LogP contribution in [0.4, 0.5) is 5.69 Å². The van der Waals surface area contributed by atoms with Crippen LogP contribution in [-0.4, -0.2) is 29.9 Å². The van der Waals surface area contributed by atoms with E-state index in [2.05, 4.69) is 32.2 Å². The van der Waals surface area contributed by atoms with Crippen LogP contribution in [0, 0.1) is 6.92 Å². The maximum atomic E-state index is 12.6. The van der Waals surface area contributed by atoms with Gasteiger partial charge in [-0.2, -0.15) is 0 Å². The van der Waals surface area contributed by atoms with E-state index < -0.39 is 0 Å². The lowest BCUT2D eigenvalue weighted by Gasteiger charge is -2.26. The summed E-state index contributed by atoms with van der Waals surface area (Å²) in [7, 11) is 0. The van der Waals surface area contributed by atoms with Gasteiger partial charge in [-0.3, -0.25) is 4.79 Å². The van der Waals surface area contributed by atoms with Gasteiger partial charge >= 0.3 is 0 Å². The number of amides is 1. The summed E-state index contributed by atoms with van der Waals surface area (Å²) in [5.74, 6) is 0.108. The summed E-state index contributed by atoms with van der Waals surface area (Å²) in [4.78, 5) is 14.5. The molecule has 0 spiro atoms. The van der Waals surface area contributed by atoms with Crippen LogP contribution in [0.15, 0.2) is 18.2 Å². The highest BCUT2D eigenvalue weighted by molar-refractivity contribution is 5.99. The van der Waals surface area contributed by atoms with E-state index in [0.717, 1.165) is 30.8 Å². The predicted molar refractivity (Wildman–Crippen MR) is 81.8 cm³/mol. The van der Waals surface area contributed by atoms with E-state index in [4.69, 9.17) is 0 Å². The molecule has 1 rings (SSSR count). The molecule has 106 valence electrons. The number of nitrogens with zero attached hydrogens (tertiary/aromatic N) is 1. The molecule has 0 saturated heterocycles. The molecule has 3 heteroatoms. The van der Waals surface area contributed by atoms with Crippen molar-refractivity contribution in [1.29, 1.82) is 0 Å². The van der Waals surface area contributed by atoms with Crippen molar-refractivity contribution in [2.24, 2.45) is 0 Å². The third kappa shape index (κ3) is 3.98. The number of benzene rings is 1. The predicted octanol–water partition coefficient (Wildman–Crippen LogP) is 3.69. The molecule has 0 fully saturated rings. The Hall–Kier alpha value is -1.51. The van der Waals surface area contributed by atoms with Crippen LogP contribution >= 0.6 is 0 Å². The Morgan fingerprint density at radius 1 is 1.32 bits per heavy atom. The normalized spacial score (nSPS) is 10.6. The minimum atomic E-state index is 0.108. The second kappa shape index (κ2) is 7.17. The van der Waals surface area contributed by atoms with E-state index in [-0.39, 0.29) is 11.9 Å². The monoisotopic (exact) mass is 262 g/mol. The lowest BCUT2D eigenvalue weighted by Crippen LogP contribution is -2.37. The molecule has 19 heavy (non-hydrogen) atoms. The molecule has 1 amide bonds. The molecule has 0 aliphatic carbocycles. The highest BCUT2D eigenvalue weighted by Crippen LogP contribution is 2.20. The van der Waals surface area contributed by atoms with Crippen molar-refractivity contribution in [3.8, 4) is 0 Å². The first kappa shape index (κ1) is 15.5. The maximum Gasteiger partial charge on any atom is 0.256 e. The van der Waals surface area contributed by atoms with Gasteiger partial charge in [-0.15, -0.1) is 0 Å². The molecule has 0 bridgehead atoms. The number of hydrogen-bond donors (Lipinski definition) is 1. The molecule has 1 aromatic carbocycles. The SMILES string of the molecule is CCCNc1cc(C)ccc1C(=O)N(CC)C(C)C. The number of carbonyl (C=O) groups excluding carboxylic acids is 1. The van der Waals surface area contributed by atoms with Gasteiger partial charge in [0.2, 0.25) is 0 Å². The van der Waals surface area contributed by atoms with Crippen LogP contribution in [0.25, 0.3) is 0 Å². The lowest BCUT2D eigenvalue weighted by molar-refractivity contribution is 0.0718. The van der Waals surface area contributed by atoms with Gasteiger partial charge in [0.05, 0.1) is 5.56 Å². The molecular weight excluding hydrogens is 236 g/mol. The fourth-order valence-corrected chi connectivity index (χ4v) is 2.15. The molecule has 0 saturated carbocycles. The van der Waals surface area contributed by atoms with Crippen LogP contribution < -0.4 is 5.32 Å². The molecule has 0 aliphatic heterocycles. The summed E-state index contributed by atoms with van der Waals surface area (Å²) in [6, 6.07) is 6.20. The van der Waals surface area contributed by atoms with Gasteiger partial charge in [-0.05, 0) is 51.8 Å². The van der Waals surface area contributed by atoms with Gasteiger partial charge in [-0.25, -0.2) is 0 Å². The van der Waals surface area contributed by atoms with Crippen molar-refractivity contribution >= 4 is 11.6 Å². The van der Waals surface area contributed by atoms with E-state index >= 15 is 0 Å². The van der Waals surface area contributed by atoms with Crippen molar-refractivity contribution in [3.63, 3.8) is 0 Å². The van der Waals surface area contributed by atoms with E-state index in [9.17, 15) is 4.79 Å². The maximum absolute atomic E-state index is 12.6. The van der Waals surface area contributed by atoms with E-state index in [1.807, 2.05) is 30.9 Å². The molecule has 0 aromatic heterocycles. The number of carbonyl (C=O) groups is 1. The van der Waals surface area contributed by atoms with Crippen LogP contribution in [0.3, 0.4) is 0 Å². The number of rotatable bonds is 6. The minimum Gasteiger partial charge on any atom is -0.384 e. The molecular formula is C16H26N2O. The topological polar surface area (TPSA) is 32.3 Å². The summed E-state index contributed by atoms with van der Waals surface area (Å²) < 4.78 is 0. The number of nitrogens with one attached hydrogen (secondary N) is 1. The highest BCUT2D eigenvalue weighted by atomic mass is 16.2. The first-order valence-corrected chi connectivity index (χ1v) is 7.16. The minimum absolute atomic E-state index is 0.108. The van der Waals surface area contributed by atoms with Gasteiger partial charge in [-0.1, -0.05) is 13.0 Å². The van der Waals surface area contributed by atoms with Gasteiger partial charge < -0.3 is 10.2 Å². The second-order valence-corrected chi connectivity index (χ2v) is 5.16. The molecule has 0 radical (unpaired) electrons. The van der Waals surface area contributed by atoms with Crippen molar-refractivity contribution in [2.75, 3.05) is 18.4 Å². The fourth-order valence-electron chi connectivity index (χ4n) is 2.15. The standard InChI is InChI=1S/C16H26N2O/c1-6-10-17-15-11-13(5)8-9-14(15)16(19)18(7-2)12(3)4/h8-9,11-12,17H,6-7,10H2,1-5H3. The highest BCUT2D eigenvalue weighted by Gasteiger charge is 2.19. The third-order valence-electron chi connectivity index (χ3n) is 3.20. The Labute approximate surface area is 117 Å². The van der Waals surface area contributed by atoms with E-state index in [0.29, 0.717) is 0 Å². The zero-order valence-electron chi connectivity index (χ0n) is 12.8. The largest absolute Gasteiger partial charge is 0.384 e. The summed E-state index contributed by atoms with van der Waals surface area (Å²) in [6.45, 7) is 11.9. The fraction of sp³-hybridized carbons (Fsp3) is 0.562. The van der Waals surface area contributed by atoms with Crippen molar-refractivity contribution < 1.29 is 4.79 Å². The Kier molecular flexibility index (Phi) is 5.87. The third-order valence-corrected chi connectivity index (χ3v) is 3.20. The average Bonchev–Trinajstić information content (AvgIpc) is 2.36. The molecule has 0 unspecified atom stereocenters. The van der Waals surface area contributed by atoms with Crippen LogP contribution in [-0.2, 0) is 0 Å². The lowest BCUT2D eigenvalue weighted by atomic mass is 10.1. The zero-order chi connectivity index (χ0) is 14.4. The van der Waals surface area contributed by atoms with Crippen LogP contribution in [0.2, 0.25) is 0 Å². The Morgan fingerprint density at radius 3 is 2.53 bits per heavy atom. The Morgan fingerprint density at radius 2 is 2.00 bits per heavy atom. The number of anilines is 1. The summed E-state index contributed by atoms with van der Waals surface area (Å²) in [5, 5.41) is 3.36. The van der Waals surface area contributed by atoms with Gasteiger partial charge in [0, 0.05) is 24.8 Å². The number of hydrogen-bond acceptors (Lipinski definition) is 2. The molecule has 1 N–H and O–H groups in total. The summed E-state index contributed by atoms with van der Waals surface area (Å²) in [6.07, 6.45) is 1.04. The molecule has 0 heterocycles. The quantitative estimate of drug-likeness (QED) is 0.848. The first-order chi connectivity index (χ1) is 9.01. The smallest absolute Gasteiger partial charge is 0.256 e. The molecule has 3 nitrogen and oxygen atoms in total. The Bertz CT molecular complexity index is 427. The van der Waals surface area contributed by atoms with Crippen molar-refractivity contribution in [3.05, 3.63) is 29.3 Å². The second-order valence-electron chi connectivity index (χ2n) is 5.16.